The average molecular weight is 445 g/mol. The van der Waals surface area contributed by atoms with Gasteiger partial charge in [-0.05, 0) is 50.1 Å². The Morgan fingerprint density at radius 1 is 1.13 bits per heavy atom. The number of anilines is 1. The Morgan fingerprint density at radius 3 is 2.61 bits per heavy atom. The molecule has 31 heavy (non-hydrogen) atoms. The van der Waals surface area contributed by atoms with Crippen molar-refractivity contribution in [1.29, 1.82) is 0 Å². The number of rotatable bonds is 6. The van der Waals surface area contributed by atoms with E-state index >= 15 is 0 Å². The van der Waals surface area contributed by atoms with Gasteiger partial charge in [-0.15, -0.1) is 0 Å². The summed E-state index contributed by atoms with van der Waals surface area (Å²) in [4.78, 5) is 35.8. The molecule has 1 aliphatic rings. The molecule has 0 fully saturated rings. The van der Waals surface area contributed by atoms with Crippen molar-refractivity contribution in [1.82, 2.24) is 10.6 Å². The maximum Gasteiger partial charge on any atom is 0.338 e. The highest BCUT2D eigenvalue weighted by molar-refractivity contribution is 7.92. The zero-order valence-electron chi connectivity index (χ0n) is 17.1. The Hall–Kier alpha value is -3.40. The second kappa shape index (κ2) is 9.17. The van der Waals surface area contributed by atoms with E-state index in [1.165, 1.54) is 35.5 Å². The molecule has 10 heteroatoms. The van der Waals surface area contributed by atoms with Crippen molar-refractivity contribution in [2.24, 2.45) is 0 Å². The maximum absolute atomic E-state index is 13.2. The number of hydrogen-bond donors (Lipinski definition) is 2. The lowest BCUT2D eigenvalue weighted by atomic mass is 10.2. The number of sulfonamides is 1. The minimum atomic E-state index is -3.88. The van der Waals surface area contributed by atoms with Gasteiger partial charge in [-0.25, -0.2) is 18.0 Å². The molecule has 3 amide bonds. The number of carbonyl (C=O) groups is 3. The second-order valence-electron chi connectivity index (χ2n) is 6.88. The van der Waals surface area contributed by atoms with Crippen LogP contribution in [-0.2, 0) is 26.0 Å². The summed E-state index contributed by atoms with van der Waals surface area (Å²) < 4.78 is 32.7. The third kappa shape index (κ3) is 4.85. The zero-order valence-corrected chi connectivity index (χ0v) is 17.9. The molecular formula is C21H23N3O6S. The number of ether oxygens (including phenoxy) is 1. The Labute approximate surface area is 180 Å². The van der Waals surface area contributed by atoms with Crippen LogP contribution >= 0.6 is 0 Å². The van der Waals surface area contributed by atoms with Gasteiger partial charge in [0.1, 0.15) is 0 Å². The molecule has 3 rings (SSSR count). The fourth-order valence-electron chi connectivity index (χ4n) is 3.17. The number of imide groups is 1. The van der Waals surface area contributed by atoms with Gasteiger partial charge in [0.2, 0.25) is 0 Å². The summed E-state index contributed by atoms with van der Waals surface area (Å²) in [7, 11) is -3.88. The minimum Gasteiger partial charge on any atom is -0.449 e. The van der Waals surface area contributed by atoms with E-state index in [0.717, 1.165) is 5.56 Å². The normalized spacial score (nSPS) is 13.8. The van der Waals surface area contributed by atoms with Crippen LogP contribution in [0.4, 0.5) is 10.5 Å². The fourth-order valence-corrected chi connectivity index (χ4v) is 4.72. The molecule has 1 atom stereocenters. The van der Waals surface area contributed by atoms with Crippen LogP contribution in [0.15, 0.2) is 53.4 Å². The topological polar surface area (TPSA) is 122 Å². The molecule has 0 bridgehead atoms. The van der Waals surface area contributed by atoms with Gasteiger partial charge in [0.25, 0.3) is 15.9 Å². The van der Waals surface area contributed by atoms with Gasteiger partial charge >= 0.3 is 12.0 Å². The minimum absolute atomic E-state index is 0.0220. The summed E-state index contributed by atoms with van der Waals surface area (Å²) in [5, 5.41) is 4.44. The molecule has 0 aliphatic carbocycles. The van der Waals surface area contributed by atoms with Gasteiger partial charge in [0.05, 0.1) is 16.1 Å². The quantitative estimate of drug-likeness (QED) is 0.654. The number of carbonyl (C=O) groups excluding carboxylic acids is 3. The van der Waals surface area contributed by atoms with E-state index < -0.39 is 34.0 Å². The monoisotopic (exact) mass is 445 g/mol. The first-order valence-electron chi connectivity index (χ1n) is 9.74. The Bertz CT molecular complexity index is 1120. The first-order chi connectivity index (χ1) is 14.7. The molecule has 0 saturated heterocycles. The lowest BCUT2D eigenvalue weighted by Gasteiger charge is -2.20. The number of nitrogens with one attached hydrogen (secondary N) is 2. The molecule has 0 saturated carbocycles. The molecule has 2 aromatic carbocycles. The van der Waals surface area contributed by atoms with Crippen LogP contribution in [0.25, 0.3) is 0 Å². The number of nitrogens with zero attached hydrogens (tertiary/aromatic N) is 1. The van der Waals surface area contributed by atoms with E-state index in [9.17, 15) is 22.8 Å². The highest BCUT2D eigenvalue weighted by Crippen LogP contribution is 2.32. The van der Waals surface area contributed by atoms with Gasteiger partial charge < -0.3 is 10.1 Å². The van der Waals surface area contributed by atoms with Gasteiger partial charge in [-0.3, -0.25) is 14.4 Å². The first kappa shape index (κ1) is 22.3. The van der Waals surface area contributed by atoms with Crippen LogP contribution in [0.2, 0.25) is 0 Å². The number of esters is 1. The molecule has 0 radical (unpaired) electrons. The molecule has 0 spiro atoms. The largest absolute Gasteiger partial charge is 0.449 e. The summed E-state index contributed by atoms with van der Waals surface area (Å²) in [6.07, 6.45) is -0.643. The summed E-state index contributed by atoms with van der Waals surface area (Å²) in [5.41, 5.74) is 1.53. The molecule has 9 nitrogen and oxygen atoms in total. The van der Waals surface area contributed by atoms with Gasteiger partial charge in [-0.1, -0.05) is 24.3 Å². The number of hydrogen-bond acceptors (Lipinski definition) is 6. The van der Waals surface area contributed by atoms with Gasteiger partial charge in [0, 0.05) is 13.1 Å². The molecule has 2 N–H and O–H groups in total. The van der Waals surface area contributed by atoms with Gasteiger partial charge in [0.15, 0.2) is 6.10 Å². The van der Waals surface area contributed by atoms with Crippen molar-refractivity contribution in [3.63, 3.8) is 0 Å². The number of fused-ring (bicyclic) bond motifs is 1. The zero-order chi connectivity index (χ0) is 22.6. The summed E-state index contributed by atoms with van der Waals surface area (Å²) in [6.45, 7) is 3.65. The summed E-state index contributed by atoms with van der Waals surface area (Å²) in [6, 6.07) is 12.0. The maximum atomic E-state index is 13.2. The molecule has 1 heterocycles. The molecular weight excluding hydrogens is 422 g/mol. The van der Waals surface area contributed by atoms with Crippen LogP contribution in [0.1, 0.15) is 29.8 Å². The van der Waals surface area contributed by atoms with E-state index in [1.54, 1.807) is 19.1 Å². The number of urea groups is 1. The van der Waals surface area contributed by atoms with Crippen molar-refractivity contribution < 1.29 is 27.5 Å². The molecule has 1 aliphatic heterocycles. The third-order valence-corrected chi connectivity index (χ3v) is 6.54. The number of amides is 3. The lowest BCUT2D eigenvalue weighted by molar-refractivity contribution is -0.127. The van der Waals surface area contributed by atoms with E-state index in [0.29, 0.717) is 25.2 Å². The standard InChI is InChI=1S/C21H23N3O6S/c1-3-22-21(27)23-19(25)14(2)30-20(26)16-8-6-9-17(13-16)31(28,29)24-12-11-15-7-4-5-10-18(15)24/h4-10,13-14H,3,11-12H2,1-2H3,(H2,22,23,25,27)/t14-/m1/s1. The third-order valence-electron chi connectivity index (χ3n) is 4.73. The Balaban J connectivity index is 1.75. The fraction of sp³-hybridized carbons (Fsp3) is 0.286. The van der Waals surface area contributed by atoms with Crippen LogP contribution in [0.3, 0.4) is 0 Å². The lowest BCUT2D eigenvalue weighted by Crippen LogP contribution is -2.44. The smallest absolute Gasteiger partial charge is 0.338 e. The number of para-hydroxylation sites is 1. The Kier molecular flexibility index (Phi) is 6.59. The van der Waals surface area contributed by atoms with Crippen molar-refractivity contribution >= 4 is 33.6 Å². The second-order valence-corrected chi connectivity index (χ2v) is 8.74. The van der Waals surface area contributed by atoms with E-state index in [4.69, 9.17) is 4.74 Å². The van der Waals surface area contributed by atoms with Gasteiger partial charge in [-0.2, -0.15) is 0 Å². The molecule has 0 aromatic heterocycles. The SMILES string of the molecule is CCNC(=O)NC(=O)[C@@H](C)OC(=O)c1cccc(S(=O)(=O)N2CCc3ccccc32)c1. The van der Waals surface area contributed by atoms with Crippen LogP contribution in [-0.4, -0.2) is 45.5 Å². The summed E-state index contributed by atoms with van der Waals surface area (Å²) in [5.74, 6) is -1.67. The number of benzene rings is 2. The van der Waals surface area contributed by atoms with Crippen molar-refractivity contribution in [2.45, 2.75) is 31.3 Å². The molecule has 164 valence electrons. The van der Waals surface area contributed by atoms with E-state index in [2.05, 4.69) is 10.6 Å². The van der Waals surface area contributed by atoms with Crippen molar-refractivity contribution in [3.8, 4) is 0 Å². The predicted molar refractivity (Wildman–Crippen MR) is 113 cm³/mol. The highest BCUT2D eigenvalue weighted by Gasteiger charge is 2.31. The molecule has 2 aromatic rings. The summed E-state index contributed by atoms with van der Waals surface area (Å²) >= 11 is 0. The molecule has 0 unspecified atom stereocenters. The van der Waals surface area contributed by atoms with E-state index in [1.807, 2.05) is 12.1 Å². The van der Waals surface area contributed by atoms with Crippen LogP contribution < -0.4 is 14.9 Å². The Morgan fingerprint density at radius 2 is 1.87 bits per heavy atom. The van der Waals surface area contributed by atoms with Crippen molar-refractivity contribution in [3.05, 3.63) is 59.7 Å². The highest BCUT2D eigenvalue weighted by atomic mass is 32.2. The van der Waals surface area contributed by atoms with Crippen LogP contribution in [0.5, 0.6) is 0 Å². The van der Waals surface area contributed by atoms with Crippen LogP contribution in [0, 0.1) is 0 Å². The first-order valence-corrected chi connectivity index (χ1v) is 11.2. The van der Waals surface area contributed by atoms with Crippen molar-refractivity contribution in [2.75, 3.05) is 17.4 Å². The average Bonchev–Trinajstić information content (AvgIpc) is 3.19. The van der Waals surface area contributed by atoms with E-state index in [-0.39, 0.29) is 10.5 Å². The predicted octanol–water partition coefficient (Wildman–Crippen LogP) is 1.83.